The number of nitrogens with zero attached hydrogens (tertiary/aromatic N) is 1. The quantitative estimate of drug-likeness (QED) is 0.573. The maximum atomic E-state index is 11.2. The molecule has 0 heterocycles. The van der Waals surface area contributed by atoms with Crippen LogP contribution in [-0.2, 0) is 15.1 Å². The maximum absolute atomic E-state index is 11.2. The Morgan fingerprint density at radius 1 is 1.38 bits per heavy atom. The molecule has 0 bridgehead atoms. The molecule has 82 valence electrons. The summed E-state index contributed by atoms with van der Waals surface area (Å²) < 4.78 is 9.64. The van der Waals surface area contributed by atoms with E-state index >= 15 is 0 Å². The highest BCUT2D eigenvalue weighted by Gasteiger charge is 2.47. The van der Waals surface area contributed by atoms with Crippen molar-refractivity contribution in [1.29, 1.82) is 5.26 Å². The van der Waals surface area contributed by atoms with Crippen molar-refractivity contribution in [3.8, 4) is 6.26 Å². The smallest absolute Gasteiger partial charge is 0.337 e. The van der Waals surface area contributed by atoms with Crippen molar-refractivity contribution in [2.75, 3.05) is 7.11 Å². The minimum Gasteiger partial charge on any atom is -0.465 e. The Bertz CT molecular complexity index is 440. The first-order valence-electron chi connectivity index (χ1n) is 4.98. The number of benzene rings is 1. The largest absolute Gasteiger partial charge is 0.465 e. The molecular weight excluding hydrogens is 206 g/mol. The minimum absolute atomic E-state index is 0.363. The number of esters is 1. The molecule has 1 fully saturated rings. The van der Waals surface area contributed by atoms with Crippen molar-refractivity contribution in [2.24, 2.45) is 0 Å². The second-order valence-electron chi connectivity index (χ2n) is 3.76. The Labute approximate surface area is 93.4 Å². The standard InChI is InChI=1S/C12H11NO3/c1-15-11(14)9-2-4-10(5-3-9)12(6-7-12)16-8-13/h2-5H,6-7H2,1H3. The van der Waals surface area contributed by atoms with Crippen LogP contribution < -0.4 is 0 Å². The van der Waals surface area contributed by atoms with Crippen molar-refractivity contribution >= 4 is 5.97 Å². The molecule has 1 aromatic rings. The maximum Gasteiger partial charge on any atom is 0.337 e. The van der Waals surface area contributed by atoms with Crippen LogP contribution in [0.5, 0.6) is 0 Å². The monoisotopic (exact) mass is 217 g/mol. The number of carbonyl (C=O) groups is 1. The molecule has 2 rings (SSSR count). The zero-order chi connectivity index (χ0) is 11.6. The topological polar surface area (TPSA) is 59.3 Å². The summed E-state index contributed by atoms with van der Waals surface area (Å²) in [6.45, 7) is 0. The molecule has 0 aliphatic heterocycles. The third-order valence-electron chi connectivity index (χ3n) is 2.78. The van der Waals surface area contributed by atoms with Gasteiger partial charge in [0.1, 0.15) is 5.60 Å². The summed E-state index contributed by atoms with van der Waals surface area (Å²) in [4.78, 5) is 11.2. The van der Waals surface area contributed by atoms with E-state index in [0.29, 0.717) is 5.56 Å². The molecule has 1 aromatic carbocycles. The van der Waals surface area contributed by atoms with E-state index in [4.69, 9.17) is 10.00 Å². The Balaban J connectivity index is 2.20. The number of hydrogen-bond acceptors (Lipinski definition) is 4. The van der Waals surface area contributed by atoms with Crippen LogP contribution in [0.15, 0.2) is 24.3 Å². The van der Waals surface area contributed by atoms with Crippen LogP contribution >= 0.6 is 0 Å². The molecule has 1 aliphatic rings. The van der Waals surface area contributed by atoms with Gasteiger partial charge >= 0.3 is 5.97 Å². The zero-order valence-electron chi connectivity index (χ0n) is 8.90. The van der Waals surface area contributed by atoms with Gasteiger partial charge in [-0.15, -0.1) is 0 Å². The molecule has 0 saturated heterocycles. The van der Waals surface area contributed by atoms with Gasteiger partial charge in [-0.25, -0.2) is 4.79 Å². The Morgan fingerprint density at radius 3 is 2.44 bits per heavy atom. The number of ether oxygens (including phenoxy) is 2. The molecule has 0 N–H and O–H groups in total. The van der Waals surface area contributed by atoms with E-state index in [1.807, 2.05) is 0 Å². The van der Waals surface area contributed by atoms with Crippen molar-refractivity contribution in [1.82, 2.24) is 0 Å². The van der Waals surface area contributed by atoms with Crippen molar-refractivity contribution < 1.29 is 14.3 Å². The van der Waals surface area contributed by atoms with E-state index in [1.165, 1.54) is 7.11 Å². The average Bonchev–Trinajstić information content (AvgIpc) is 3.10. The fourth-order valence-electron chi connectivity index (χ4n) is 1.68. The Kier molecular flexibility index (Phi) is 2.53. The number of methoxy groups -OCH3 is 1. The molecule has 0 aromatic heterocycles. The second-order valence-corrected chi connectivity index (χ2v) is 3.76. The van der Waals surface area contributed by atoms with Gasteiger partial charge < -0.3 is 9.47 Å². The molecule has 4 heteroatoms. The minimum atomic E-state index is -0.441. The molecule has 0 spiro atoms. The normalized spacial score (nSPS) is 16.0. The first-order chi connectivity index (χ1) is 7.72. The summed E-state index contributed by atoms with van der Waals surface area (Å²) in [5.41, 5.74) is 0.990. The summed E-state index contributed by atoms with van der Waals surface area (Å²) >= 11 is 0. The predicted octanol–water partition coefficient (Wildman–Crippen LogP) is 1.96. The van der Waals surface area contributed by atoms with Gasteiger partial charge in [0.2, 0.25) is 0 Å². The first-order valence-corrected chi connectivity index (χ1v) is 4.98. The number of nitriles is 1. The van der Waals surface area contributed by atoms with Crippen molar-refractivity contribution in [3.63, 3.8) is 0 Å². The lowest BCUT2D eigenvalue weighted by molar-refractivity contribution is 0.0600. The molecule has 0 radical (unpaired) electrons. The zero-order valence-corrected chi connectivity index (χ0v) is 8.90. The number of carbonyl (C=O) groups excluding carboxylic acids is 1. The van der Waals surface area contributed by atoms with Gasteiger partial charge in [-0.05, 0) is 30.5 Å². The van der Waals surface area contributed by atoms with Crippen LogP contribution in [0.25, 0.3) is 0 Å². The average molecular weight is 217 g/mol. The second kappa shape index (κ2) is 3.86. The Hall–Kier alpha value is -2.02. The van der Waals surface area contributed by atoms with E-state index in [2.05, 4.69) is 4.74 Å². The summed E-state index contributed by atoms with van der Waals surface area (Å²) in [7, 11) is 1.34. The van der Waals surface area contributed by atoms with Crippen molar-refractivity contribution in [2.45, 2.75) is 18.4 Å². The van der Waals surface area contributed by atoms with E-state index < -0.39 is 5.60 Å². The lowest BCUT2D eigenvalue weighted by Gasteiger charge is -2.12. The first kappa shape index (κ1) is 10.5. The summed E-state index contributed by atoms with van der Waals surface area (Å²) in [6, 6.07) is 6.97. The van der Waals surface area contributed by atoms with E-state index in [-0.39, 0.29) is 5.97 Å². The highest BCUT2D eigenvalue weighted by atomic mass is 16.5. The predicted molar refractivity (Wildman–Crippen MR) is 55.4 cm³/mol. The van der Waals surface area contributed by atoms with E-state index in [9.17, 15) is 4.79 Å². The van der Waals surface area contributed by atoms with Gasteiger partial charge in [0.25, 0.3) is 6.26 Å². The summed E-state index contributed by atoms with van der Waals surface area (Å²) in [5.74, 6) is -0.363. The van der Waals surface area contributed by atoms with Gasteiger partial charge in [0.15, 0.2) is 0 Å². The van der Waals surface area contributed by atoms with Crippen LogP contribution in [0.3, 0.4) is 0 Å². The van der Waals surface area contributed by atoms with Gasteiger partial charge in [-0.1, -0.05) is 12.1 Å². The van der Waals surface area contributed by atoms with Crippen LogP contribution in [0.2, 0.25) is 0 Å². The Morgan fingerprint density at radius 2 is 2.00 bits per heavy atom. The molecule has 0 unspecified atom stereocenters. The van der Waals surface area contributed by atoms with Crippen LogP contribution in [0, 0.1) is 11.5 Å². The third-order valence-corrected chi connectivity index (χ3v) is 2.78. The lowest BCUT2D eigenvalue weighted by atomic mass is 10.1. The van der Waals surface area contributed by atoms with Gasteiger partial charge in [-0.3, -0.25) is 0 Å². The van der Waals surface area contributed by atoms with E-state index in [0.717, 1.165) is 18.4 Å². The van der Waals surface area contributed by atoms with Gasteiger partial charge in [0, 0.05) is 0 Å². The molecule has 16 heavy (non-hydrogen) atoms. The molecule has 0 amide bonds. The van der Waals surface area contributed by atoms with Crippen LogP contribution in [0.4, 0.5) is 0 Å². The molecule has 1 saturated carbocycles. The highest BCUT2D eigenvalue weighted by molar-refractivity contribution is 5.89. The molecule has 4 nitrogen and oxygen atoms in total. The van der Waals surface area contributed by atoms with Crippen molar-refractivity contribution in [3.05, 3.63) is 35.4 Å². The SMILES string of the molecule is COC(=O)c1ccc(C2(OC#N)CC2)cc1. The third kappa shape index (κ3) is 1.72. The van der Waals surface area contributed by atoms with Gasteiger partial charge in [0.05, 0.1) is 12.7 Å². The lowest BCUT2D eigenvalue weighted by Crippen LogP contribution is -2.09. The van der Waals surface area contributed by atoms with E-state index in [1.54, 1.807) is 30.5 Å². The molecular formula is C12H11NO3. The van der Waals surface area contributed by atoms with Gasteiger partial charge in [-0.2, -0.15) is 5.26 Å². The fraction of sp³-hybridized carbons (Fsp3) is 0.333. The van der Waals surface area contributed by atoms with Crippen LogP contribution in [0.1, 0.15) is 28.8 Å². The molecule has 1 aliphatic carbocycles. The fourth-order valence-corrected chi connectivity index (χ4v) is 1.68. The van der Waals surface area contributed by atoms with Crippen LogP contribution in [-0.4, -0.2) is 13.1 Å². The molecule has 0 atom stereocenters. The summed E-state index contributed by atoms with van der Waals surface area (Å²) in [6.07, 6.45) is 3.42. The number of hydrogen-bond donors (Lipinski definition) is 0. The highest BCUT2D eigenvalue weighted by Crippen LogP contribution is 2.48. The summed E-state index contributed by atoms with van der Waals surface area (Å²) in [5, 5.41) is 8.54. The number of rotatable bonds is 3.